The molecule has 1 saturated heterocycles. The summed E-state index contributed by atoms with van der Waals surface area (Å²) >= 11 is 0. The fraction of sp³-hybridized carbons (Fsp3) is 0.269. The summed E-state index contributed by atoms with van der Waals surface area (Å²) in [6, 6.07) is 23.9. The largest absolute Gasteiger partial charge is 0.497 e. The molecule has 3 aromatic rings. The van der Waals surface area contributed by atoms with Crippen molar-refractivity contribution in [3.63, 3.8) is 0 Å². The first-order valence-electron chi connectivity index (χ1n) is 11.3. The van der Waals surface area contributed by atoms with E-state index in [1.54, 1.807) is 25.3 Å². The van der Waals surface area contributed by atoms with Gasteiger partial charge in [-0.1, -0.05) is 36.4 Å². The van der Waals surface area contributed by atoms with Crippen LogP contribution in [0.15, 0.2) is 83.8 Å². The topological polar surface area (TPSA) is 79.0 Å². The highest BCUT2D eigenvalue weighted by atomic mass is 32.2. The van der Waals surface area contributed by atoms with Gasteiger partial charge in [0.25, 0.3) is 0 Å². The molecule has 1 fully saturated rings. The molecular formula is C26H29N3O4S. The first kappa shape index (κ1) is 23.8. The van der Waals surface area contributed by atoms with E-state index >= 15 is 0 Å². The monoisotopic (exact) mass is 479 g/mol. The highest BCUT2D eigenvalue weighted by Crippen LogP contribution is 2.24. The Hall–Kier alpha value is -3.36. The van der Waals surface area contributed by atoms with Crippen LogP contribution in [-0.2, 0) is 21.4 Å². The van der Waals surface area contributed by atoms with Crippen molar-refractivity contribution in [3.05, 3.63) is 84.4 Å². The van der Waals surface area contributed by atoms with E-state index in [1.807, 2.05) is 59.5 Å². The summed E-state index contributed by atoms with van der Waals surface area (Å²) in [5, 5.41) is 2.87. The predicted octanol–water partition coefficient (Wildman–Crippen LogP) is 4.13. The van der Waals surface area contributed by atoms with Crippen LogP contribution < -0.4 is 15.0 Å². The molecule has 3 aromatic carbocycles. The molecule has 7 nitrogen and oxygen atoms in total. The van der Waals surface area contributed by atoms with E-state index in [0.717, 1.165) is 29.8 Å². The third-order valence-electron chi connectivity index (χ3n) is 5.81. The van der Waals surface area contributed by atoms with Gasteiger partial charge in [-0.15, -0.1) is 0 Å². The van der Waals surface area contributed by atoms with Crippen LogP contribution in [0.3, 0.4) is 0 Å². The number of rotatable bonds is 9. The number of hydrogen-bond acceptors (Lipinski definition) is 5. The van der Waals surface area contributed by atoms with Crippen LogP contribution in [0.5, 0.6) is 5.75 Å². The number of benzene rings is 3. The summed E-state index contributed by atoms with van der Waals surface area (Å²) in [4.78, 5) is 15.2. The van der Waals surface area contributed by atoms with Crippen LogP contribution >= 0.6 is 0 Å². The number of amides is 1. The Labute approximate surface area is 201 Å². The summed E-state index contributed by atoms with van der Waals surface area (Å²) in [6.45, 7) is 1.72. The van der Waals surface area contributed by atoms with Crippen molar-refractivity contribution in [3.8, 4) is 5.75 Å². The lowest BCUT2D eigenvalue weighted by Gasteiger charge is -2.25. The number of sulfonamides is 1. The summed E-state index contributed by atoms with van der Waals surface area (Å²) in [7, 11) is -1.94. The first-order valence-corrected chi connectivity index (χ1v) is 12.7. The molecule has 0 aliphatic carbocycles. The summed E-state index contributed by atoms with van der Waals surface area (Å²) in [5.41, 5.74) is 2.41. The summed E-state index contributed by atoms with van der Waals surface area (Å²) in [6.07, 6.45) is 1.75. The van der Waals surface area contributed by atoms with Crippen LogP contribution in [0.1, 0.15) is 18.4 Å². The molecule has 34 heavy (non-hydrogen) atoms. The van der Waals surface area contributed by atoms with E-state index in [1.165, 1.54) is 10.4 Å². The van der Waals surface area contributed by atoms with Crippen molar-refractivity contribution in [1.82, 2.24) is 4.31 Å². The maximum Gasteiger partial charge on any atom is 0.243 e. The number of hydrogen-bond donors (Lipinski definition) is 1. The van der Waals surface area contributed by atoms with Crippen LogP contribution in [0.25, 0.3) is 0 Å². The van der Waals surface area contributed by atoms with E-state index in [-0.39, 0.29) is 17.3 Å². The van der Waals surface area contributed by atoms with Gasteiger partial charge in [0.1, 0.15) is 5.75 Å². The molecule has 4 rings (SSSR count). The summed E-state index contributed by atoms with van der Waals surface area (Å²) in [5.74, 6) is 0.506. The van der Waals surface area contributed by atoms with E-state index < -0.39 is 10.0 Å². The zero-order chi connectivity index (χ0) is 24.0. The van der Waals surface area contributed by atoms with Crippen molar-refractivity contribution in [2.45, 2.75) is 24.3 Å². The number of nitrogens with one attached hydrogen (secondary N) is 1. The number of ether oxygens (including phenoxy) is 1. The molecule has 0 radical (unpaired) electrons. The Kier molecular flexibility index (Phi) is 7.49. The van der Waals surface area contributed by atoms with Crippen molar-refractivity contribution >= 4 is 27.3 Å². The van der Waals surface area contributed by atoms with Crippen molar-refractivity contribution in [2.75, 3.05) is 37.0 Å². The number of carbonyl (C=O) groups is 1. The van der Waals surface area contributed by atoms with Crippen molar-refractivity contribution < 1.29 is 17.9 Å². The molecule has 1 amide bonds. The smallest absolute Gasteiger partial charge is 0.243 e. The minimum absolute atomic E-state index is 0.102. The third-order valence-corrected chi connectivity index (χ3v) is 7.70. The SMILES string of the molecule is COc1ccc(N(CC(=O)Nc2cccc(S(=O)(=O)N3CCCC3)c2)Cc2ccccc2)cc1. The van der Waals surface area contributed by atoms with Crippen LogP contribution in [0, 0.1) is 0 Å². The molecule has 0 saturated carbocycles. The molecule has 178 valence electrons. The van der Waals surface area contributed by atoms with Gasteiger partial charge >= 0.3 is 0 Å². The van der Waals surface area contributed by atoms with Gasteiger partial charge in [0.2, 0.25) is 15.9 Å². The van der Waals surface area contributed by atoms with E-state index in [0.29, 0.717) is 25.3 Å². The quantitative estimate of drug-likeness (QED) is 0.499. The molecule has 1 aliphatic heterocycles. The zero-order valence-corrected chi connectivity index (χ0v) is 20.0. The second-order valence-corrected chi connectivity index (χ2v) is 10.2. The maximum absolute atomic E-state index is 13.0. The third kappa shape index (κ3) is 5.76. The van der Waals surface area contributed by atoms with Gasteiger partial charge in [0.15, 0.2) is 0 Å². The second kappa shape index (κ2) is 10.7. The highest BCUT2D eigenvalue weighted by Gasteiger charge is 2.27. The van der Waals surface area contributed by atoms with Crippen LogP contribution in [-0.4, -0.2) is 45.4 Å². The zero-order valence-electron chi connectivity index (χ0n) is 19.2. The Bertz CT molecular complexity index is 1210. The Balaban J connectivity index is 1.50. The minimum Gasteiger partial charge on any atom is -0.497 e. The number of methoxy groups -OCH3 is 1. The van der Waals surface area contributed by atoms with Gasteiger partial charge in [0, 0.05) is 31.0 Å². The average molecular weight is 480 g/mol. The standard InChI is InChI=1S/C26H29N3O4S/c1-33-24-14-12-23(13-15-24)28(19-21-8-3-2-4-9-21)20-26(30)27-22-10-7-11-25(18-22)34(31,32)29-16-5-6-17-29/h2-4,7-15,18H,5-6,16-17,19-20H2,1H3,(H,27,30). The molecule has 8 heteroatoms. The van der Waals surface area contributed by atoms with E-state index in [4.69, 9.17) is 4.74 Å². The molecule has 0 bridgehead atoms. The van der Waals surface area contributed by atoms with Crippen LogP contribution in [0.4, 0.5) is 11.4 Å². The Morgan fingerprint density at radius 1 is 0.971 bits per heavy atom. The lowest BCUT2D eigenvalue weighted by molar-refractivity contribution is -0.115. The van der Waals surface area contributed by atoms with E-state index in [9.17, 15) is 13.2 Å². The number of anilines is 2. The highest BCUT2D eigenvalue weighted by molar-refractivity contribution is 7.89. The van der Waals surface area contributed by atoms with Crippen LogP contribution in [0.2, 0.25) is 0 Å². The van der Waals surface area contributed by atoms with Gasteiger partial charge in [0.05, 0.1) is 18.6 Å². The van der Waals surface area contributed by atoms with Crippen molar-refractivity contribution in [2.24, 2.45) is 0 Å². The lowest BCUT2D eigenvalue weighted by Crippen LogP contribution is -2.33. The minimum atomic E-state index is -3.55. The predicted molar refractivity (Wildman–Crippen MR) is 134 cm³/mol. The summed E-state index contributed by atoms with van der Waals surface area (Å²) < 4.78 is 32.5. The maximum atomic E-state index is 13.0. The molecule has 0 unspecified atom stereocenters. The molecular weight excluding hydrogens is 450 g/mol. The first-order chi connectivity index (χ1) is 16.5. The molecule has 0 spiro atoms. The average Bonchev–Trinajstić information content (AvgIpc) is 3.41. The fourth-order valence-corrected chi connectivity index (χ4v) is 5.58. The van der Waals surface area contributed by atoms with Gasteiger partial charge in [-0.05, 0) is 60.9 Å². The molecule has 1 N–H and O–H groups in total. The van der Waals surface area contributed by atoms with Gasteiger partial charge in [-0.2, -0.15) is 4.31 Å². The van der Waals surface area contributed by atoms with E-state index in [2.05, 4.69) is 5.32 Å². The Morgan fingerprint density at radius 2 is 1.68 bits per heavy atom. The second-order valence-electron chi connectivity index (χ2n) is 8.23. The normalized spacial score (nSPS) is 14.0. The van der Waals surface area contributed by atoms with Gasteiger partial charge in [-0.25, -0.2) is 8.42 Å². The number of carbonyl (C=O) groups excluding carboxylic acids is 1. The molecule has 1 heterocycles. The van der Waals surface area contributed by atoms with Gasteiger partial charge < -0.3 is 15.0 Å². The lowest BCUT2D eigenvalue weighted by atomic mass is 10.2. The molecule has 0 aromatic heterocycles. The fourth-order valence-electron chi connectivity index (χ4n) is 4.02. The number of nitrogens with zero attached hydrogens (tertiary/aromatic N) is 2. The van der Waals surface area contributed by atoms with Crippen molar-refractivity contribution in [1.29, 1.82) is 0 Å². The molecule has 1 aliphatic rings. The van der Waals surface area contributed by atoms with Gasteiger partial charge in [-0.3, -0.25) is 4.79 Å². The molecule has 0 atom stereocenters. The Morgan fingerprint density at radius 3 is 2.35 bits per heavy atom.